The van der Waals surface area contributed by atoms with Crippen molar-refractivity contribution in [1.29, 1.82) is 0 Å². The molecule has 0 amide bonds. The van der Waals surface area contributed by atoms with Crippen LogP contribution >= 0.6 is 0 Å². The zero-order chi connectivity index (χ0) is 33.6. The number of aromatic nitrogens is 3. The summed E-state index contributed by atoms with van der Waals surface area (Å²) in [7, 11) is 0. The van der Waals surface area contributed by atoms with E-state index in [0.29, 0.717) is 44.0 Å². The average Bonchev–Trinajstić information content (AvgIpc) is 3.99. The van der Waals surface area contributed by atoms with E-state index in [1.807, 2.05) is 31.2 Å². The number of halogens is 6. The first-order chi connectivity index (χ1) is 22.9. The molecule has 3 fully saturated rings. The molecule has 0 spiro atoms. The Bertz CT molecular complexity index is 1720. The second-order valence-electron chi connectivity index (χ2n) is 13.1. The molecule has 2 aliphatic carbocycles. The van der Waals surface area contributed by atoms with Gasteiger partial charge >= 0.3 is 12.4 Å². The number of aryl methyl sites for hydroxylation is 1. The van der Waals surface area contributed by atoms with Gasteiger partial charge in [-0.3, -0.25) is 0 Å². The minimum atomic E-state index is -4.96. The van der Waals surface area contributed by atoms with Gasteiger partial charge in [-0.15, -0.1) is 0 Å². The average molecular weight is 671 g/mol. The lowest BCUT2D eigenvalue weighted by Gasteiger charge is -2.29. The molecule has 2 saturated carbocycles. The molecule has 7 nitrogen and oxygen atoms in total. The van der Waals surface area contributed by atoms with Crippen LogP contribution in [0.25, 0.3) is 10.9 Å². The third-order valence-electron chi connectivity index (χ3n) is 9.36. The first-order valence-electron chi connectivity index (χ1n) is 16.3. The zero-order valence-electron chi connectivity index (χ0n) is 26.4. The van der Waals surface area contributed by atoms with Gasteiger partial charge in [0, 0.05) is 43.2 Å². The summed E-state index contributed by atoms with van der Waals surface area (Å²) >= 11 is 0. The molecule has 0 atom stereocenters. The molecule has 4 aromatic rings. The number of nitrogens with one attached hydrogen (secondary N) is 1. The van der Waals surface area contributed by atoms with Gasteiger partial charge in [0.1, 0.15) is 5.82 Å². The Kier molecular flexibility index (Phi) is 8.59. The second-order valence-corrected chi connectivity index (χ2v) is 13.1. The molecule has 2 aromatic carbocycles. The number of para-hydroxylation sites is 1. The first-order valence-corrected chi connectivity index (χ1v) is 16.3. The Morgan fingerprint density at radius 3 is 2.08 bits per heavy atom. The number of nitrogens with zero attached hydrogens (tertiary/aromatic N) is 5. The van der Waals surface area contributed by atoms with Crippen LogP contribution in [-0.4, -0.2) is 47.3 Å². The Hall–Kier alpha value is -4.13. The van der Waals surface area contributed by atoms with Crippen LogP contribution in [0, 0.1) is 18.8 Å². The summed E-state index contributed by atoms with van der Waals surface area (Å²) in [6.07, 6.45) is -2.10. The van der Waals surface area contributed by atoms with E-state index in [4.69, 9.17) is 9.72 Å². The number of ether oxygens (including phenoxy) is 1. The van der Waals surface area contributed by atoms with E-state index in [1.54, 1.807) is 17.3 Å². The topological polar surface area (TPSA) is 66.4 Å². The van der Waals surface area contributed by atoms with Gasteiger partial charge < -0.3 is 19.9 Å². The van der Waals surface area contributed by atoms with Gasteiger partial charge in [0.05, 0.1) is 47.9 Å². The molecule has 1 saturated heterocycles. The maximum absolute atomic E-state index is 13.8. The van der Waals surface area contributed by atoms with E-state index in [1.165, 1.54) is 0 Å². The largest absolute Gasteiger partial charge is 0.416 e. The van der Waals surface area contributed by atoms with Crippen LogP contribution in [0.4, 0.5) is 43.8 Å². The van der Waals surface area contributed by atoms with Gasteiger partial charge in [-0.05, 0) is 79.8 Å². The lowest BCUT2D eigenvalue weighted by molar-refractivity contribution is -0.143. The Balaban J connectivity index is 1.29. The van der Waals surface area contributed by atoms with Crippen LogP contribution in [-0.2, 0) is 30.2 Å². The smallest absolute Gasteiger partial charge is 0.378 e. The molecule has 3 aliphatic rings. The molecule has 254 valence electrons. The van der Waals surface area contributed by atoms with Crippen molar-refractivity contribution in [2.45, 2.75) is 64.1 Å². The molecular weight excluding hydrogens is 634 g/mol. The zero-order valence-corrected chi connectivity index (χ0v) is 26.4. The van der Waals surface area contributed by atoms with Gasteiger partial charge in [0.15, 0.2) is 0 Å². The standard InChI is InChI=1S/C35H36F6N6O/c1-21-3-2-4-25-15-26(32(44-30(21)25)45-31(23-5-6-23)24-7-8-24)20-47(33-42-17-29(18-43-33)46-9-11-48-12-10-46)19-22-13-27(34(36,37)38)16-28(14-22)35(39,40)41/h2-4,13-18,23-24,31H,5-12,19-20H2,1H3,(H,44,45). The highest BCUT2D eigenvalue weighted by Gasteiger charge is 2.42. The molecule has 0 radical (unpaired) electrons. The predicted octanol–water partition coefficient (Wildman–Crippen LogP) is 8.01. The summed E-state index contributed by atoms with van der Waals surface area (Å²) in [5, 5.41) is 4.61. The van der Waals surface area contributed by atoms with Crippen LogP contribution < -0.4 is 15.1 Å². The molecule has 7 rings (SSSR count). The van der Waals surface area contributed by atoms with E-state index < -0.39 is 23.5 Å². The molecule has 48 heavy (non-hydrogen) atoms. The fraction of sp³-hybridized carbons (Fsp3) is 0.457. The second kappa shape index (κ2) is 12.7. The molecule has 13 heteroatoms. The van der Waals surface area contributed by atoms with Crippen molar-refractivity contribution in [2.75, 3.05) is 41.4 Å². The Labute approximate surface area is 274 Å². The van der Waals surface area contributed by atoms with Crippen molar-refractivity contribution >= 4 is 28.4 Å². The van der Waals surface area contributed by atoms with Crippen molar-refractivity contribution in [3.05, 3.63) is 82.7 Å². The van der Waals surface area contributed by atoms with Crippen molar-refractivity contribution < 1.29 is 31.1 Å². The lowest BCUT2D eigenvalue weighted by Crippen LogP contribution is -2.36. The number of fused-ring (bicyclic) bond motifs is 1. The van der Waals surface area contributed by atoms with Gasteiger partial charge in [0.25, 0.3) is 0 Å². The highest BCUT2D eigenvalue weighted by atomic mass is 19.4. The molecule has 0 bridgehead atoms. The number of pyridine rings is 1. The molecule has 0 unspecified atom stereocenters. The molecular formula is C35H36F6N6O. The van der Waals surface area contributed by atoms with Crippen LogP contribution in [0.1, 0.15) is 53.5 Å². The number of rotatable bonds is 10. The minimum Gasteiger partial charge on any atom is -0.378 e. The highest BCUT2D eigenvalue weighted by molar-refractivity contribution is 5.84. The van der Waals surface area contributed by atoms with Crippen molar-refractivity contribution in [2.24, 2.45) is 11.8 Å². The molecule has 1 N–H and O–H groups in total. The fourth-order valence-corrected chi connectivity index (χ4v) is 6.52. The lowest BCUT2D eigenvalue weighted by atomic mass is 10.0. The summed E-state index contributed by atoms with van der Waals surface area (Å²) in [4.78, 5) is 17.9. The maximum atomic E-state index is 13.8. The summed E-state index contributed by atoms with van der Waals surface area (Å²) in [6.45, 7) is 4.18. The summed E-state index contributed by atoms with van der Waals surface area (Å²) in [6, 6.07) is 9.80. The summed E-state index contributed by atoms with van der Waals surface area (Å²) in [5.74, 6) is 1.94. The number of benzene rings is 2. The Morgan fingerprint density at radius 1 is 0.875 bits per heavy atom. The van der Waals surface area contributed by atoms with Gasteiger partial charge in [-0.25, -0.2) is 15.0 Å². The van der Waals surface area contributed by atoms with Gasteiger partial charge in [-0.1, -0.05) is 18.2 Å². The highest BCUT2D eigenvalue weighted by Crippen LogP contribution is 2.46. The van der Waals surface area contributed by atoms with Gasteiger partial charge in [0.2, 0.25) is 5.95 Å². The summed E-state index contributed by atoms with van der Waals surface area (Å²) < 4.78 is 88.4. The van der Waals surface area contributed by atoms with E-state index >= 15 is 0 Å². The number of anilines is 3. The fourth-order valence-electron chi connectivity index (χ4n) is 6.52. The Morgan fingerprint density at radius 2 is 1.50 bits per heavy atom. The number of alkyl halides is 6. The maximum Gasteiger partial charge on any atom is 0.416 e. The molecule has 1 aliphatic heterocycles. The number of hydrogen-bond acceptors (Lipinski definition) is 7. The van der Waals surface area contributed by atoms with Crippen molar-refractivity contribution in [3.8, 4) is 0 Å². The van der Waals surface area contributed by atoms with Crippen LogP contribution in [0.5, 0.6) is 0 Å². The quantitative estimate of drug-likeness (QED) is 0.172. The number of morpholine rings is 1. The van der Waals surface area contributed by atoms with E-state index in [0.717, 1.165) is 65.5 Å². The van der Waals surface area contributed by atoms with Crippen molar-refractivity contribution in [1.82, 2.24) is 15.0 Å². The van der Waals surface area contributed by atoms with Crippen LogP contribution in [0.2, 0.25) is 0 Å². The normalized spacial score (nSPS) is 17.3. The van der Waals surface area contributed by atoms with Crippen molar-refractivity contribution in [3.63, 3.8) is 0 Å². The summed E-state index contributed by atoms with van der Waals surface area (Å²) in [5.41, 5.74) is 0.450. The van der Waals surface area contributed by atoms with E-state index in [-0.39, 0.29) is 36.7 Å². The third kappa shape index (κ3) is 7.30. The van der Waals surface area contributed by atoms with Crippen LogP contribution in [0.15, 0.2) is 54.9 Å². The van der Waals surface area contributed by atoms with Gasteiger partial charge in [-0.2, -0.15) is 26.3 Å². The molecule has 2 aromatic heterocycles. The third-order valence-corrected chi connectivity index (χ3v) is 9.36. The van der Waals surface area contributed by atoms with E-state index in [9.17, 15) is 26.3 Å². The van der Waals surface area contributed by atoms with Crippen LogP contribution in [0.3, 0.4) is 0 Å². The van der Waals surface area contributed by atoms with E-state index in [2.05, 4.69) is 20.2 Å². The predicted molar refractivity (Wildman–Crippen MR) is 171 cm³/mol. The SMILES string of the molecule is Cc1cccc2cc(CN(Cc3cc(C(F)(F)F)cc(C(F)(F)F)c3)c3ncc(N4CCOCC4)cn3)c(NC(C3CC3)C3CC3)nc12. The molecule has 3 heterocycles. The minimum absolute atomic E-state index is 0.0930. The number of hydrogen-bond donors (Lipinski definition) is 1. The first kappa shape index (κ1) is 32.4. The monoisotopic (exact) mass is 670 g/mol.